The zero-order valence-corrected chi connectivity index (χ0v) is 12.1. The molecule has 2 rings (SSSR count). The van der Waals surface area contributed by atoms with Crippen LogP contribution >= 0.6 is 27.3 Å². The van der Waals surface area contributed by atoms with Gasteiger partial charge in [0.25, 0.3) is 0 Å². The number of carbonyl (C=O) groups excluding carboxylic acids is 1. The average Bonchev–Trinajstić information content (AvgIpc) is 2.75. The number of hydrogen-bond donors (Lipinski definition) is 2. The fourth-order valence-corrected chi connectivity index (χ4v) is 3.53. The van der Waals surface area contributed by atoms with Gasteiger partial charge in [-0.15, -0.1) is 11.3 Å². The Morgan fingerprint density at radius 1 is 1.28 bits per heavy atom. The maximum atomic E-state index is 12.0. The Labute approximate surface area is 118 Å². The van der Waals surface area contributed by atoms with Crippen molar-refractivity contribution in [3.8, 4) is 0 Å². The maximum Gasteiger partial charge on any atom is 0.306 e. The molecule has 6 heteroatoms. The lowest BCUT2D eigenvalue weighted by atomic mass is 9.81. The van der Waals surface area contributed by atoms with E-state index in [9.17, 15) is 9.59 Å². The van der Waals surface area contributed by atoms with Gasteiger partial charge in [0, 0.05) is 15.8 Å². The van der Waals surface area contributed by atoms with E-state index in [-0.39, 0.29) is 17.7 Å². The average molecular weight is 332 g/mol. The van der Waals surface area contributed by atoms with Crippen LogP contribution in [0.5, 0.6) is 0 Å². The highest BCUT2D eigenvalue weighted by atomic mass is 79.9. The molecular weight excluding hydrogens is 318 g/mol. The number of rotatable bonds is 3. The van der Waals surface area contributed by atoms with Crippen molar-refractivity contribution in [3.05, 3.63) is 15.9 Å². The molecule has 1 aliphatic rings. The Bertz CT molecular complexity index is 452. The van der Waals surface area contributed by atoms with E-state index < -0.39 is 5.97 Å². The summed E-state index contributed by atoms with van der Waals surface area (Å²) in [5.74, 6) is -1.06. The Morgan fingerprint density at radius 2 is 1.89 bits per heavy atom. The molecule has 1 saturated carbocycles. The van der Waals surface area contributed by atoms with Crippen LogP contribution in [0.15, 0.2) is 15.9 Å². The molecular formula is C12H14BrNO3S. The monoisotopic (exact) mass is 331 g/mol. The first-order chi connectivity index (χ1) is 8.56. The van der Waals surface area contributed by atoms with Crippen LogP contribution in [0.3, 0.4) is 0 Å². The molecule has 98 valence electrons. The molecule has 0 unspecified atom stereocenters. The second-order valence-corrected chi connectivity index (χ2v) is 6.33. The number of carboxylic acid groups (broad SMARTS) is 1. The molecule has 1 fully saturated rings. The van der Waals surface area contributed by atoms with Crippen molar-refractivity contribution in [2.24, 2.45) is 11.8 Å². The van der Waals surface area contributed by atoms with Crippen molar-refractivity contribution < 1.29 is 14.7 Å². The second-order valence-electron chi connectivity index (χ2n) is 4.51. The van der Waals surface area contributed by atoms with Crippen molar-refractivity contribution in [2.45, 2.75) is 25.7 Å². The van der Waals surface area contributed by atoms with Crippen molar-refractivity contribution >= 4 is 44.1 Å². The first-order valence-electron chi connectivity index (χ1n) is 5.84. The highest BCUT2D eigenvalue weighted by molar-refractivity contribution is 9.10. The van der Waals surface area contributed by atoms with Gasteiger partial charge in [0.1, 0.15) is 0 Å². The van der Waals surface area contributed by atoms with Gasteiger partial charge in [-0.1, -0.05) is 0 Å². The number of thiophene rings is 1. The molecule has 1 aliphatic carbocycles. The summed E-state index contributed by atoms with van der Waals surface area (Å²) in [6.07, 6.45) is 2.52. The second kappa shape index (κ2) is 5.84. The van der Waals surface area contributed by atoms with Crippen molar-refractivity contribution in [1.29, 1.82) is 0 Å². The number of aliphatic carboxylic acids is 1. The van der Waals surface area contributed by atoms with Gasteiger partial charge in [-0.2, -0.15) is 0 Å². The topological polar surface area (TPSA) is 66.4 Å². The van der Waals surface area contributed by atoms with E-state index in [0.29, 0.717) is 25.7 Å². The lowest BCUT2D eigenvalue weighted by Crippen LogP contribution is -2.29. The lowest BCUT2D eigenvalue weighted by molar-refractivity contribution is -0.143. The van der Waals surface area contributed by atoms with E-state index in [1.54, 1.807) is 0 Å². The van der Waals surface area contributed by atoms with Gasteiger partial charge in [-0.05, 0) is 47.7 Å². The molecule has 0 aromatic carbocycles. The number of carboxylic acids is 1. The summed E-state index contributed by atoms with van der Waals surface area (Å²) in [4.78, 5) is 22.8. The van der Waals surface area contributed by atoms with Crippen LogP contribution in [-0.2, 0) is 9.59 Å². The van der Waals surface area contributed by atoms with Crippen molar-refractivity contribution in [2.75, 3.05) is 5.32 Å². The smallest absolute Gasteiger partial charge is 0.306 e. The first-order valence-corrected chi connectivity index (χ1v) is 7.51. The van der Waals surface area contributed by atoms with E-state index in [4.69, 9.17) is 5.11 Å². The highest BCUT2D eigenvalue weighted by Gasteiger charge is 2.29. The predicted molar refractivity (Wildman–Crippen MR) is 73.7 cm³/mol. The number of nitrogens with one attached hydrogen (secondary N) is 1. The summed E-state index contributed by atoms with van der Waals surface area (Å²) < 4.78 is 0.956. The molecule has 1 aromatic rings. The molecule has 2 N–H and O–H groups in total. The number of amides is 1. The maximum absolute atomic E-state index is 12.0. The van der Waals surface area contributed by atoms with E-state index in [1.165, 1.54) is 11.3 Å². The summed E-state index contributed by atoms with van der Waals surface area (Å²) in [6, 6.07) is 1.87. The van der Waals surface area contributed by atoms with Gasteiger partial charge < -0.3 is 10.4 Å². The van der Waals surface area contributed by atoms with E-state index >= 15 is 0 Å². The summed E-state index contributed by atoms with van der Waals surface area (Å²) in [5, 5.41) is 14.5. The van der Waals surface area contributed by atoms with Gasteiger partial charge >= 0.3 is 5.97 Å². The van der Waals surface area contributed by atoms with Gasteiger partial charge in [0.15, 0.2) is 0 Å². The van der Waals surface area contributed by atoms with Crippen LogP contribution in [0.25, 0.3) is 0 Å². The van der Waals surface area contributed by atoms with Crippen LogP contribution in [0.2, 0.25) is 0 Å². The predicted octanol–water partition coefficient (Wildman–Crippen LogP) is 3.34. The van der Waals surface area contributed by atoms with E-state index in [0.717, 1.165) is 9.47 Å². The standard InChI is InChI=1S/C12H14BrNO3S/c13-9-5-10(18-6-9)14-11(15)7-1-3-8(4-2-7)12(16)17/h5-8H,1-4H2,(H,14,15)(H,16,17). The fraction of sp³-hybridized carbons (Fsp3) is 0.500. The van der Waals surface area contributed by atoms with Crippen LogP contribution < -0.4 is 5.32 Å². The van der Waals surface area contributed by atoms with Crippen LogP contribution in [0.1, 0.15) is 25.7 Å². The summed E-state index contributed by atoms with van der Waals surface area (Å²) in [6.45, 7) is 0. The molecule has 0 atom stereocenters. The quantitative estimate of drug-likeness (QED) is 0.892. The molecule has 0 spiro atoms. The Kier molecular flexibility index (Phi) is 4.40. The molecule has 1 aromatic heterocycles. The van der Waals surface area contributed by atoms with E-state index in [2.05, 4.69) is 21.2 Å². The summed E-state index contributed by atoms with van der Waals surface area (Å²) in [7, 11) is 0. The van der Waals surface area contributed by atoms with Crippen molar-refractivity contribution in [3.63, 3.8) is 0 Å². The normalized spacial score (nSPS) is 23.6. The summed E-state index contributed by atoms with van der Waals surface area (Å²) in [5.41, 5.74) is 0. The summed E-state index contributed by atoms with van der Waals surface area (Å²) >= 11 is 4.81. The zero-order chi connectivity index (χ0) is 13.1. The Balaban J connectivity index is 1.86. The Hall–Kier alpha value is -0.880. The van der Waals surface area contributed by atoms with Crippen molar-refractivity contribution in [1.82, 2.24) is 0 Å². The molecule has 0 saturated heterocycles. The fourth-order valence-electron chi connectivity index (χ4n) is 2.20. The van der Waals surface area contributed by atoms with Gasteiger partial charge in [-0.3, -0.25) is 9.59 Å². The number of hydrogen-bond acceptors (Lipinski definition) is 3. The highest BCUT2D eigenvalue weighted by Crippen LogP contribution is 2.31. The lowest BCUT2D eigenvalue weighted by Gasteiger charge is -2.24. The minimum absolute atomic E-state index is 0.00758. The minimum atomic E-state index is -0.740. The van der Waals surface area contributed by atoms with Gasteiger partial charge in [0.2, 0.25) is 5.91 Å². The molecule has 1 amide bonds. The number of carbonyl (C=O) groups is 2. The minimum Gasteiger partial charge on any atom is -0.481 e. The number of halogens is 1. The SMILES string of the molecule is O=C(O)C1CCC(C(=O)Nc2cc(Br)cs2)CC1. The third kappa shape index (κ3) is 3.32. The van der Waals surface area contributed by atoms with E-state index in [1.807, 2.05) is 11.4 Å². The third-order valence-corrected chi connectivity index (χ3v) is 4.87. The molecule has 0 bridgehead atoms. The largest absolute Gasteiger partial charge is 0.481 e. The molecule has 0 aliphatic heterocycles. The van der Waals surface area contributed by atoms with Gasteiger partial charge in [0.05, 0.1) is 10.9 Å². The first kappa shape index (κ1) is 13.5. The molecule has 4 nitrogen and oxygen atoms in total. The third-order valence-electron chi connectivity index (χ3n) is 3.26. The van der Waals surface area contributed by atoms with Crippen LogP contribution in [0, 0.1) is 11.8 Å². The molecule has 18 heavy (non-hydrogen) atoms. The zero-order valence-electron chi connectivity index (χ0n) is 9.69. The van der Waals surface area contributed by atoms with Crippen LogP contribution in [-0.4, -0.2) is 17.0 Å². The molecule has 1 heterocycles. The number of anilines is 1. The van der Waals surface area contributed by atoms with Crippen LogP contribution in [0.4, 0.5) is 5.00 Å². The van der Waals surface area contributed by atoms with Gasteiger partial charge in [-0.25, -0.2) is 0 Å². The Morgan fingerprint density at radius 3 is 2.39 bits per heavy atom. The molecule has 0 radical (unpaired) electrons.